The SMILES string of the molecule is CN(C)N=Nc1ccccc1N=Nc1ccccc1. The van der Waals surface area contributed by atoms with Gasteiger partial charge in [-0.1, -0.05) is 35.6 Å². The normalized spacial score (nSPS) is 11.3. The highest BCUT2D eigenvalue weighted by Gasteiger charge is 1.99. The fourth-order valence-corrected chi connectivity index (χ4v) is 1.38. The van der Waals surface area contributed by atoms with Crippen LogP contribution in [-0.2, 0) is 0 Å². The van der Waals surface area contributed by atoms with Gasteiger partial charge >= 0.3 is 0 Å². The molecule has 5 heteroatoms. The van der Waals surface area contributed by atoms with Crippen LogP contribution in [0.4, 0.5) is 17.1 Å². The van der Waals surface area contributed by atoms with Crippen LogP contribution in [0.15, 0.2) is 75.2 Å². The second-order valence-electron chi connectivity index (χ2n) is 4.06. The molecule has 0 N–H and O–H groups in total. The van der Waals surface area contributed by atoms with Crippen molar-refractivity contribution < 1.29 is 0 Å². The van der Waals surface area contributed by atoms with E-state index in [2.05, 4.69) is 20.6 Å². The number of rotatable bonds is 4. The first kappa shape index (κ1) is 12.9. The third kappa shape index (κ3) is 3.99. The molecule has 96 valence electrons. The summed E-state index contributed by atoms with van der Waals surface area (Å²) in [6.07, 6.45) is 0. The van der Waals surface area contributed by atoms with E-state index in [4.69, 9.17) is 0 Å². The van der Waals surface area contributed by atoms with Gasteiger partial charge in [-0.05, 0) is 24.3 Å². The van der Waals surface area contributed by atoms with E-state index in [0.717, 1.165) is 5.69 Å². The summed E-state index contributed by atoms with van der Waals surface area (Å²) in [5, 5.41) is 18.1. The molecule has 0 aliphatic rings. The summed E-state index contributed by atoms with van der Waals surface area (Å²) in [6.45, 7) is 0. The van der Waals surface area contributed by atoms with Gasteiger partial charge in [0.15, 0.2) is 0 Å². The standard InChI is InChI=1S/C14H15N5/c1-19(2)18-17-14-11-7-6-10-13(14)16-15-12-8-4-3-5-9-12/h3-11H,1-2H3. The Labute approximate surface area is 112 Å². The molecule has 0 aromatic heterocycles. The van der Waals surface area contributed by atoms with Crippen LogP contribution >= 0.6 is 0 Å². The molecule has 0 aliphatic carbocycles. The summed E-state index contributed by atoms with van der Waals surface area (Å²) < 4.78 is 0. The van der Waals surface area contributed by atoms with Crippen molar-refractivity contribution in [3.8, 4) is 0 Å². The number of nitrogens with zero attached hydrogens (tertiary/aromatic N) is 5. The van der Waals surface area contributed by atoms with Crippen molar-refractivity contribution in [2.75, 3.05) is 14.1 Å². The Morgan fingerprint density at radius 1 is 0.684 bits per heavy atom. The summed E-state index contributed by atoms with van der Waals surface area (Å²) in [5.74, 6) is 0. The maximum atomic E-state index is 4.21. The van der Waals surface area contributed by atoms with Crippen molar-refractivity contribution in [3.05, 3.63) is 54.6 Å². The van der Waals surface area contributed by atoms with Gasteiger partial charge in [-0.15, -0.1) is 10.2 Å². The van der Waals surface area contributed by atoms with Crippen molar-refractivity contribution in [3.63, 3.8) is 0 Å². The Hall–Kier alpha value is -2.56. The smallest absolute Gasteiger partial charge is 0.115 e. The molecule has 2 aromatic rings. The maximum absolute atomic E-state index is 4.21. The predicted octanol–water partition coefficient (Wildman–Crippen LogP) is 4.66. The average Bonchev–Trinajstić information content (AvgIpc) is 2.45. The van der Waals surface area contributed by atoms with Crippen LogP contribution in [0.5, 0.6) is 0 Å². The average molecular weight is 253 g/mol. The van der Waals surface area contributed by atoms with Gasteiger partial charge in [0.25, 0.3) is 0 Å². The van der Waals surface area contributed by atoms with E-state index < -0.39 is 0 Å². The second kappa shape index (κ2) is 6.39. The summed E-state index contributed by atoms with van der Waals surface area (Å²) in [4.78, 5) is 0. The first-order valence-electron chi connectivity index (χ1n) is 5.90. The van der Waals surface area contributed by atoms with Gasteiger partial charge in [0.05, 0.1) is 5.69 Å². The van der Waals surface area contributed by atoms with E-state index in [-0.39, 0.29) is 0 Å². The molecule has 0 bridgehead atoms. The highest BCUT2D eigenvalue weighted by atomic mass is 15.5. The van der Waals surface area contributed by atoms with Crippen LogP contribution in [0.1, 0.15) is 0 Å². The molecule has 0 radical (unpaired) electrons. The van der Waals surface area contributed by atoms with Crippen LogP contribution in [0.2, 0.25) is 0 Å². The summed E-state index contributed by atoms with van der Waals surface area (Å²) >= 11 is 0. The topological polar surface area (TPSA) is 52.7 Å². The van der Waals surface area contributed by atoms with Gasteiger partial charge in [-0.2, -0.15) is 5.11 Å². The zero-order valence-corrected chi connectivity index (χ0v) is 10.9. The molecule has 0 unspecified atom stereocenters. The van der Waals surface area contributed by atoms with Crippen LogP contribution in [0.25, 0.3) is 0 Å². The molecule has 0 fully saturated rings. The molecule has 2 aromatic carbocycles. The second-order valence-corrected chi connectivity index (χ2v) is 4.06. The minimum Gasteiger partial charge on any atom is -0.285 e. The van der Waals surface area contributed by atoms with E-state index in [0.29, 0.717) is 11.4 Å². The fourth-order valence-electron chi connectivity index (χ4n) is 1.38. The molecule has 0 amide bonds. The van der Waals surface area contributed by atoms with Crippen molar-refractivity contribution in [2.24, 2.45) is 20.6 Å². The van der Waals surface area contributed by atoms with Crippen molar-refractivity contribution in [2.45, 2.75) is 0 Å². The Bertz CT molecular complexity index is 575. The van der Waals surface area contributed by atoms with Crippen LogP contribution < -0.4 is 0 Å². The summed E-state index contributed by atoms with van der Waals surface area (Å²) in [7, 11) is 3.63. The predicted molar refractivity (Wildman–Crippen MR) is 75.3 cm³/mol. The molecule has 0 aliphatic heterocycles. The zero-order chi connectivity index (χ0) is 13.5. The first-order valence-corrected chi connectivity index (χ1v) is 5.90. The Morgan fingerprint density at radius 2 is 1.26 bits per heavy atom. The molecule has 0 atom stereocenters. The minimum absolute atomic E-state index is 0.691. The van der Waals surface area contributed by atoms with Gasteiger partial charge in [0.2, 0.25) is 0 Å². The van der Waals surface area contributed by atoms with E-state index in [1.165, 1.54) is 0 Å². The largest absolute Gasteiger partial charge is 0.285 e. The van der Waals surface area contributed by atoms with Crippen LogP contribution in [0.3, 0.4) is 0 Å². The van der Waals surface area contributed by atoms with E-state index >= 15 is 0 Å². The Balaban J connectivity index is 2.23. The van der Waals surface area contributed by atoms with E-state index in [1.54, 1.807) is 5.01 Å². The fraction of sp³-hybridized carbons (Fsp3) is 0.143. The third-order valence-corrected chi connectivity index (χ3v) is 2.24. The molecular formula is C14H15N5. The number of hydrogen-bond acceptors (Lipinski definition) is 4. The first-order chi connectivity index (χ1) is 9.25. The van der Waals surface area contributed by atoms with E-state index in [9.17, 15) is 0 Å². The van der Waals surface area contributed by atoms with Crippen LogP contribution in [-0.4, -0.2) is 19.1 Å². The quantitative estimate of drug-likeness (QED) is 0.577. The van der Waals surface area contributed by atoms with Gasteiger partial charge in [-0.25, -0.2) is 0 Å². The highest BCUT2D eigenvalue weighted by Crippen LogP contribution is 2.29. The number of benzene rings is 2. The molecule has 5 nitrogen and oxygen atoms in total. The van der Waals surface area contributed by atoms with Crippen LogP contribution in [0, 0.1) is 0 Å². The number of azo groups is 1. The van der Waals surface area contributed by atoms with E-state index in [1.807, 2.05) is 68.7 Å². The van der Waals surface area contributed by atoms with Crippen molar-refractivity contribution >= 4 is 17.1 Å². The molecule has 0 spiro atoms. The van der Waals surface area contributed by atoms with Gasteiger partial charge in [0, 0.05) is 14.1 Å². The monoisotopic (exact) mass is 253 g/mol. The maximum Gasteiger partial charge on any atom is 0.115 e. The third-order valence-electron chi connectivity index (χ3n) is 2.24. The Kier molecular flexibility index (Phi) is 4.34. The van der Waals surface area contributed by atoms with Gasteiger partial charge < -0.3 is 0 Å². The van der Waals surface area contributed by atoms with Crippen molar-refractivity contribution in [1.82, 2.24) is 5.01 Å². The molecule has 2 rings (SSSR count). The minimum atomic E-state index is 0.691. The molecule has 0 saturated carbocycles. The number of hydrogen-bond donors (Lipinski definition) is 0. The van der Waals surface area contributed by atoms with Gasteiger partial charge in [0.1, 0.15) is 11.4 Å². The zero-order valence-electron chi connectivity index (χ0n) is 10.9. The molecule has 0 saturated heterocycles. The lowest BCUT2D eigenvalue weighted by atomic mass is 10.3. The summed E-state index contributed by atoms with van der Waals surface area (Å²) in [5.41, 5.74) is 2.19. The lowest BCUT2D eigenvalue weighted by molar-refractivity contribution is 0.408. The van der Waals surface area contributed by atoms with Crippen molar-refractivity contribution in [1.29, 1.82) is 0 Å². The van der Waals surface area contributed by atoms with Gasteiger partial charge in [-0.3, -0.25) is 5.01 Å². The highest BCUT2D eigenvalue weighted by molar-refractivity contribution is 5.60. The molecule has 19 heavy (non-hydrogen) atoms. The summed E-state index contributed by atoms with van der Waals surface area (Å²) in [6, 6.07) is 17.1. The Morgan fingerprint density at radius 3 is 1.89 bits per heavy atom. The lowest BCUT2D eigenvalue weighted by Gasteiger charge is -2.01. The lowest BCUT2D eigenvalue weighted by Crippen LogP contribution is -1.98. The molecular weight excluding hydrogens is 238 g/mol. The molecule has 0 heterocycles.